The molecule has 1 rings (SSSR count). The Hall–Kier alpha value is -0.990. The summed E-state index contributed by atoms with van der Waals surface area (Å²) in [6.07, 6.45) is 3.48. The molecule has 1 heterocycles. The van der Waals surface area contributed by atoms with Crippen molar-refractivity contribution in [1.29, 1.82) is 0 Å². The minimum atomic E-state index is 0.0558. The van der Waals surface area contributed by atoms with E-state index in [9.17, 15) is 0 Å². The van der Waals surface area contributed by atoms with E-state index in [1.165, 1.54) is 0 Å². The Morgan fingerprint density at radius 3 is 2.36 bits per heavy atom. The zero-order valence-corrected chi connectivity index (χ0v) is 7.42. The molecule has 0 aliphatic heterocycles. The van der Waals surface area contributed by atoms with E-state index in [0.29, 0.717) is 5.95 Å². The van der Waals surface area contributed by atoms with Crippen molar-refractivity contribution in [1.82, 2.24) is 0 Å². The zero-order chi connectivity index (χ0) is 8.48. The van der Waals surface area contributed by atoms with Crippen LogP contribution in [0.5, 0.6) is 5.95 Å². The Kier molecular flexibility index (Phi) is 1.89. The van der Waals surface area contributed by atoms with E-state index in [-0.39, 0.29) is 5.54 Å². The maximum absolute atomic E-state index is 5.08. The lowest BCUT2D eigenvalue weighted by Gasteiger charge is -2.07. The zero-order valence-electron chi connectivity index (χ0n) is 7.42. The van der Waals surface area contributed by atoms with Gasteiger partial charge in [-0.2, -0.15) is 4.57 Å². The first-order chi connectivity index (χ1) is 5.04. The molecule has 0 amide bonds. The molecule has 0 unspecified atom stereocenters. The number of hydrogen-bond donors (Lipinski definition) is 0. The van der Waals surface area contributed by atoms with Crippen molar-refractivity contribution in [2.45, 2.75) is 26.3 Å². The van der Waals surface area contributed by atoms with E-state index in [1.54, 1.807) is 13.5 Å². The van der Waals surface area contributed by atoms with Crippen LogP contribution in [0.2, 0.25) is 0 Å². The van der Waals surface area contributed by atoms with E-state index < -0.39 is 0 Å². The molecule has 0 N–H and O–H groups in total. The first kappa shape index (κ1) is 8.11. The van der Waals surface area contributed by atoms with Gasteiger partial charge in [-0.1, -0.05) is 0 Å². The molecule has 0 aromatic carbocycles. The molecular weight excluding hydrogens is 142 g/mol. The third-order valence-corrected chi connectivity index (χ3v) is 1.50. The maximum atomic E-state index is 5.08. The normalized spacial score (nSPS) is 11.6. The molecule has 0 aliphatic carbocycles. The second-order valence-corrected chi connectivity index (χ2v) is 3.45. The summed E-state index contributed by atoms with van der Waals surface area (Å²) in [5, 5.41) is 0. The molecule has 3 nitrogen and oxygen atoms in total. The van der Waals surface area contributed by atoms with Crippen molar-refractivity contribution in [2.24, 2.45) is 0 Å². The summed E-state index contributed by atoms with van der Waals surface area (Å²) in [5.41, 5.74) is 0.0558. The van der Waals surface area contributed by atoms with Crippen molar-refractivity contribution in [3.05, 3.63) is 12.6 Å². The molecule has 1 aromatic rings. The van der Waals surface area contributed by atoms with Gasteiger partial charge < -0.3 is 9.15 Å². The Balaban J connectivity index is 2.89. The number of methoxy groups -OCH3 is 1. The number of aromatic nitrogens is 1. The fourth-order valence-corrected chi connectivity index (χ4v) is 0.736. The summed E-state index contributed by atoms with van der Waals surface area (Å²) in [7, 11) is 1.59. The van der Waals surface area contributed by atoms with Gasteiger partial charge in [0.15, 0.2) is 5.54 Å². The highest BCUT2D eigenvalue weighted by Gasteiger charge is 2.24. The highest BCUT2D eigenvalue weighted by molar-refractivity contribution is 4.89. The minimum absolute atomic E-state index is 0.0558. The standard InChI is InChI=1S/C8H14NO2/c1-8(2,3)9-5-7(10-4)11-6-9/h5-6H,1-4H3/q+1. The van der Waals surface area contributed by atoms with Gasteiger partial charge in [0.2, 0.25) is 0 Å². The number of oxazole rings is 1. The van der Waals surface area contributed by atoms with Crippen LogP contribution in [0, 0.1) is 0 Å². The number of nitrogens with zero attached hydrogens (tertiary/aromatic N) is 1. The monoisotopic (exact) mass is 156 g/mol. The Morgan fingerprint density at radius 1 is 1.45 bits per heavy atom. The van der Waals surface area contributed by atoms with Crippen LogP contribution in [-0.2, 0) is 5.54 Å². The van der Waals surface area contributed by atoms with Gasteiger partial charge in [0, 0.05) is 20.8 Å². The Labute approximate surface area is 66.6 Å². The van der Waals surface area contributed by atoms with E-state index >= 15 is 0 Å². The molecule has 1 aromatic heterocycles. The molecule has 0 spiro atoms. The molecular formula is C8H14NO2+. The summed E-state index contributed by atoms with van der Waals surface area (Å²) < 4.78 is 11.9. The fraction of sp³-hybridized carbons (Fsp3) is 0.625. The van der Waals surface area contributed by atoms with Gasteiger partial charge in [-0.25, -0.2) is 0 Å². The van der Waals surface area contributed by atoms with Crippen LogP contribution in [0.3, 0.4) is 0 Å². The van der Waals surface area contributed by atoms with Crippen molar-refractivity contribution < 1.29 is 13.7 Å². The molecule has 11 heavy (non-hydrogen) atoms. The molecule has 0 atom stereocenters. The Bertz CT molecular complexity index is 234. The summed E-state index contributed by atoms with van der Waals surface area (Å²) in [6, 6.07) is 0. The topological polar surface area (TPSA) is 26.2 Å². The maximum Gasteiger partial charge on any atom is 0.355 e. The first-order valence-corrected chi connectivity index (χ1v) is 3.58. The van der Waals surface area contributed by atoms with E-state index in [0.717, 1.165) is 0 Å². The van der Waals surface area contributed by atoms with E-state index in [1.807, 2.05) is 10.8 Å². The smallest absolute Gasteiger partial charge is 0.355 e. The summed E-state index contributed by atoms with van der Waals surface area (Å²) in [6.45, 7) is 6.30. The van der Waals surface area contributed by atoms with Crippen LogP contribution < -0.4 is 9.30 Å². The van der Waals surface area contributed by atoms with Gasteiger partial charge >= 0.3 is 12.3 Å². The van der Waals surface area contributed by atoms with Gasteiger partial charge in [-0.3, -0.25) is 0 Å². The van der Waals surface area contributed by atoms with Crippen LogP contribution in [0.15, 0.2) is 17.0 Å². The quantitative estimate of drug-likeness (QED) is 0.573. The molecule has 62 valence electrons. The number of hydrogen-bond acceptors (Lipinski definition) is 2. The highest BCUT2D eigenvalue weighted by Crippen LogP contribution is 2.10. The number of rotatable bonds is 1. The minimum Gasteiger partial charge on any atom is -0.464 e. The summed E-state index contributed by atoms with van der Waals surface area (Å²) in [4.78, 5) is 0. The van der Waals surface area contributed by atoms with Gasteiger partial charge in [0.1, 0.15) is 0 Å². The van der Waals surface area contributed by atoms with E-state index in [4.69, 9.17) is 9.15 Å². The largest absolute Gasteiger partial charge is 0.464 e. The van der Waals surface area contributed by atoms with Gasteiger partial charge in [0.25, 0.3) is 6.20 Å². The van der Waals surface area contributed by atoms with E-state index in [2.05, 4.69) is 20.8 Å². The molecule has 0 bridgehead atoms. The lowest BCUT2D eigenvalue weighted by Crippen LogP contribution is -2.48. The van der Waals surface area contributed by atoms with Crippen molar-refractivity contribution in [2.75, 3.05) is 7.11 Å². The van der Waals surface area contributed by atoms with Crippen LogP contribution in [0.1, 0.15) is 20.8 Å². The second kappa shape index (κ2) is 2.57. The van der Waals surface area contributed by atoms with Gasteiger partial charge in [-0.15, -0.1) is 0 Å². The summed E-state index contributed by atoms with van der Waals surface area (Å²) >= 11 is 0. The van der Waals surface area contributed by atoms with Crippen molar-refractivity contribution in [3.8, 4) is 5.95 Å². The van der Waals surface area contributed by atoms with Crippen LogP contribution in [0.4, 0.5) is 0 Å². The molecule has 0 aliphatic rings. The molecule has 0 saturated heterocycles. The molecule has 0 saturated carbocycles. The van der Waals surface area contributed by atoms with Crippen LogP contribution in [-0.4, -0.2) is 7.11 Å². The molecule has 3 heteroatoms. The van der Waals surface area contributed by atoms with Crippen molar-refractivity contribution in [3.63, 3.8) is 0 Å². The third-order valence-electron chi connectivity index (χ3n) is 1.50. The van der Waals surface area contributed by atoms with Gasteiger partial charge in [0.05, 0.1) is 7.11 Å². The van der Waals surface area contributed by atoms with Crippen LogP contribution in [0.25, 0.3) is 0 Å². The first-order valence-electron chi connectivity index (χ1n) is 3.58. The summed E-state index contributed by atoms with van der Waals surface area (Å²) in [5.74, 6) is 0.542. The fourth-order valence-electron chi connectivity index (χ4n) is 0.736. The number of ether oxygens (including phenoxy) is 1. The van der Waals surface area contributed by atoms with Crippen molar-refractivity contribution >= 4 is 0 Å². The lowest BCUT2D eigenvalue weighted by molar-refractivity contribution is -0.756. The SMILES string of the molecule is COc1c[n+](C(C)(C)C)co1. The van der Waals surface area contributed by atoms with Crippen LogP contribution >= 0.6 is 0 Å². The average molecular weight is 156 g/mol. The lowest BCUT2D eigenvalue weighted by atomic mass is 10.1. The second-order valence-electron chi connectivity index (χ2n) is 3.45. The predicted octanol–water partition coefficient (Wildman–Crippen LogP) is 1.33. The predicted molar refractivity (Wildman–Crippen MR) is 40.5 cm³/mol. The molecule has 0 fully saturated rings. The highest BCUT2D eigenvalue weighted by atomic mass is 16.6. The molecule has 0 radical (unpaired) electrons. The van der Waals surface area contributed by atoms with Gasteiger partial charge in [-0.05, 0) is 0 Å². The average Bonchev–Trinajstić information content (AvgIpc) is 2.32. The third kappa shape index (κ3) is 1.73. The Morgan fingerprint density at radius 2 is 2.09 bits per heavy atom.